The van der Waals surface area contributed by atoms with Gasteiger partial charge < -0.3 is 20.1 Å². The Morgan fingerprint density at radius 3 is 1.27 bits per heavy atom. The number of rotatable bonds is 13. The third-order valence-corrected chi connectivity index (χ3v) is 8.19. The number of carbonyl (C=O) groups excluding carboxylic acids is 4. The predicted molar refractivity (Wildman–Crippen MR) is 147 cm³/mol. The molecule has 230 valence electrons. The highest BCUT2D eigenvalue weighted by Crippen LogP contribution is 2.37. The summed E-state index contributed by atoms with van der Waals surface area (Å²) >= 11 is 0. The quantitative estimate of drug-likeness (QED) is 0.251. The van der Waals surface area contributed by atoms with Crippen LogP contribution in [0.25, 0.3) is 0 Å². The fourth-order valence-electron chi connectivity index (χ4n) is 5.53. The zero-order chi connectivity index (χ0) is 30.5. The van der Waals surface area contributed by atoms with Crippen LogP contribution in [0, 0.1) is 0 Å². The van der Waals surface area contributed by atoms with Crippen LogP contribution < -0.4 is 10.6 Å². The van der Waals surface area contributed by atoms with Crippen molar-refractivity contribution in [1.82, 2.24) is 20.8 Å². The van der Waals surface area contributed by atoms with Gasteiger partial charge in [-0.3, -0.25) is 19.3 Å². The van der Waals surface area contributed by atoms with Gasteiger partial charge in [-0.1, -0.05) is 27.7 Å². The maximum Gasteiger partial charge on any atom is 0.337 e. The van der Waals surface area contributed by atoms with Crippen LogP contribution in [0.1, 0.15) is 94.9 Å². The van der Waals surface area contributed by atoms with Crippen molar-refractivity contribution in [1.29, 1.82) is 0 Å². The van der Waals surface area contributed by atoms with Crippen LogP contribution in [-0.2, 0) is 38.3 Å². The van der Waals surface area contributed by atoms with Gasteiger partial charge in [-0.05, 0) is 67.2 Å². The van der Waals surface area contributed by atoms with Gasteiger partial charge in [-0.2, -0.15) is 10.1 Å². The summed E-state index contributed by atoms with van der Waals surface area (Å²) in [6.45, 7) is 18.9. The number of amides is 2. The first-order chi connectivity index (χ1) is 18.6. The van der Waals surface area contributed by atoms with Crippen molar-refractivity contribution in [2.45, 2.75) is 129 Å². The summed E-state index contributed by atoms with van der Waals surface area (Å²) in [5, 5.41) is 9.16. The van der Waals surface area contributed by atoms with Gasteiger partial charge in [0.1, 0.15) is 24.3 Å². The molecule has 2 N–H and O–H groups in total. The zero-order valence-corrected chi connectivity index (χ0v) is 26.0. The maximum atomic E-state index is 12.8. The van der Waals surface area contributed by atoms with Crippen LogP contribution in [0.4, 0.5) is 0 Å². The molecule has 0 aromatic rings. The van der Waals surface area contributed by atoms with Crippen molar-refractivity contribution < 1.29 is 38.3 Å². The number of hydroxylamine groups is 4. The highest BCUT2D eigenvalue weighted by molar-refractivity contribution is 5.88. The number of piperazine rings is 2. The molecule has 0 saturated carbocycles. The van der Waals surface area contributed by atoms with Crippen molar-refractivity contribution in [2.24, 2.45) is 0 Å². The lowest BCUT2D eigenvalue weighted by Crippen LogP contribution is -2.72. The van der Waals surface area contributed by atoms with Crippen molar-refractivity contribution in [2.75, 3.05) is 26.3 Å². The fraction of sp³-hybridized carbons (Fsp3) is 0.857. The Balaban J connectivity index is 1.92. The molecule has 12 nitrogen and oxygen atoms in total. The minimum atomic E-state index is -0.982. The highest BCUT2D eigenvalue weighted by atomic mass is 16.7. The molecule has 0 spiro atoms. The minimum Gasteiger partial charge on any atom is -0.460 e. The molecule has 1 unspecified atom stereocenters. The SMILES string of the molecule is CCC1(CC)C(=O)NCC(C)(C)N1OC(C)C(=O)OCCOC(=O)[C@@H](C)ON1C(C)(C)CNC(=O)C1(CC)CC. The fourth-order valence-corrected chi connectivity index (χ4v) is 5.53. The summed E-state index contributed by atoms with van der Waals surface area (Å²) in [5.74, 6) is -1.55. The van der Waals surface area contributed by atoms with Gasteiger partial charge >= 0.3 is 11.9 Å². The summed E-state index contributed by atoms with van der Waals surface area (Å²) in [6.07, 6.45) is 0.0661. The molecule has 2 aliphatic heterocycles. The first kappa shape index (κ1) is 33.9. The second-order valence-electron chi connectivity index (χ2n) is 11.9. The van der Waals surface area contributed by atoms with Crippen molar-refractivity contribution >= 4 is 23.8 Å². The lowest BCUT2D eigenvalue weighted by atomic mass is 9.84. The summed E-state index contributed by atoms with van der Waals surface area (Å²) in [6, 6.07) is 0. The van der Waals surface area contributed by atoms with Gasteiger partial charge in [0, 0.05) is 13.1 Å². The third kappa shape index (κ3) is 6.61. The van der Waals surface area contributed by atoms with E-state index in [4.69, 9.17) is 19.1 Å². The van der Waals surface area contributed by atoms with Crippen LogP contribution in [0.3, 0.4) is 0 Å². The molecule has 2 fully saturated rings. The van der Waals surface area contributed by atoms with Crippen LogP contribution in [-0.4, -0.2) is 94.5 Å². The first-order valence-corrected chi connectivity index (χ1v) is 14.4. The van der Waals surface area contributed by atoms with Crippen LogP contribution in [0.15, 0.2) is 0 Å². The second-order valence-corrected chi connectivity index (χ2v) is 11.9. The van der Waals surface area contributed by atoms with Gasteiger partial charge in [0.15, 0.2) is 12.2 Å². The number of esters is 2. The zero-order valence-electron chi connectivity index (χ0n) is 26.0. The number of hydrogen-bond acceptors (Lipinski definition) is 10. The summed E-state index contributed by atoms with van der Waals surface area (Å²) in [5.41, 5.74) is -2.90. The predicted octanol–water partition coefficient (Wildman–Crippen LogP) is 2.25. The molecule has 12 heteroatoms. The number of nitrogens with one attached hydrogen (secondary N) is 2. The van der Waals surface area contributed by atoms with Gasteiger partial charge in [0.25, 0.3) is 0 Å². The monoisotopic (exact) mass is 570 g/mol. The van der Waals surface area contributed by atoms with E-state index in [-0.39, 0.29) is 25.0 Å². The Bertz CT molecular complexity index is 855. The molecule has 2 saturated heterocycles. The molecule has 2 amide bonds. The molecule has 40 heavy (non-hydrogen) atoms. The molecule has 0 aliphatic carbocycles. The number of ether oxygens (including phenoxy) is 2. The molecule has 0 radical (unpaired) electrons. The number of hydrogen-bond donors (Lipinski definition) is 2. The van der Waals surface area contributed by atoms with E-state index < -0.39 is 46.3 Å². The van der Waals surface area contributed by atoms with Crippen molar-refractivity contribution in [3.63, 3.8) is 0 Å². The van der Waals surface area contributed by atoms with E-state index >= 15 is 0 Å². The average Bonchev–Trinajstić information content (AvgIpc) is 2.91. The number of carbonyl (C=O) groups is 4. The van der Waals surface area contributed by atoms with Crippen LogP contribution in [0.2, 0.25) is 0 Å². The van der Waals surface area contributed by atoms with E-state index in [1.165, 1.54) is 0 Å². The Morgan fingerprint density at radius 1 is 0.700 bits per heavy atom. The lowest BCUT2D eigenvalue weighted by molar-refractivity contribution is -0.296. The van der Waals surface area contributed by atoms with Gasteiger partial charge in [0.2, 0.25) is 11.8 Å². The minimum absolute atomic E-state index is 0.135. The molecule has 0 aromatic heterocycles. The Kier molecular flexibility index (Phi) is 11.1. The average molecular weight is 571 g/mol. The van der Waals surface area contributed by atoms with Gasteiger partial charge in [0.05, 0.1) is 11.1 Å². The topological polar surface area (TPSA) is 136 Å². The molecular weight excluding hydrogens is 520 g/mol. The molecular formula is C28H50N4O8. The second kappa shape index (κ2) is 13.1. The van der Waals surface area contributed by atoms with Crippen LogP contribution in [0.5, 0.6) is 0 Å². The molecule has 2 rings (SSSR count). The molecule has 0 bridgehead atoms. The van der Waals surface area contributed by atoms with Crippen LogP contribution >= 0.6 is 0 Å². The summed E-state index contributed by atoms with van der Waals surface area (Å²) in [4.78, 5) is 63.0. The summed E-state index contributed by atoms with van der Waals surface area (Å²) < 4.78 is 10.6. The van der Waals surface area contributed by atoms with E-state index in [1.807, 2.05) is 55.4 Å². The Labute approximate surface area is 238 Å². The van der Waals surface area contributed by atoms with E-state index in [0.717, 1.165) is 0 Å². The van der Waals surface area contributed by atoms with Gasteiger partial charge in [-0.15, -0.1) is 0 Å². The Morgan fingerprint density at radius 2 is 1.00 bits per heavy atom. The standard InChI is InChI=1S/C28H50N4O8/c1-11-27(12-2)23(35)29-17-25(7,8)31(27)39-19(5)21(33)37-15-16-38-22(34)20(6)40-32-26(9,10)18-30-24(36)28(32,13-3)14-4/h19-20H,11-18H2,1-10H3,(H,29,35)(H,30,36)/t19-,20?/m1/s1. The van der Waals surface area contributed by atoms with E-state index in [0.29, 0.717) is 38.8 Å². The van der Waals surface area contributed by atoms with E-state index in [2.05, 4.69) is 10.6 Å². The lowest BCUT2D eigenvalue weighted by Gasteiger charge is -2.53. The maximum absolute atomic E-state index is 12.8. The molecule has 2 atom stereocenters. The largest absolute Gasteiger partial charge is 0.460 e. The number of nitrogens with zero attached hydrogens (tertiary/aromatic N) is 2. The smallest absolute Gasteiger partial charge is 0.337 e. The molecule has 2 aliphatic rings. The summed E-state index contributed by atoms with van der Waals surface area (Å²) in [7, 11) is 0. The van der Waals surface area contributed by atoms with E-state index in [1.54, 1.807) is 24.0 Å². The molecule has 2 heterocycles. The van der Waals surface area contributed by atoms with E-state index in [9.17, 15) is 19.2 Å². The third-order valence-electron chi connectivity index (χ3n) is 8.19. The first-order valence-electron chi connectivity index (χ1n) is 14.4. The highest BCUT2D eigenvalue weighted by Gasteiger charge is 2.54. The van der Waals surface area contributed by atoms with Gasteiger partial charge in [-0.25, -0.2) is 9.59 Å². The Hall–Kier alpha value is -2.28. The molecule has 0 aromatic carbocycles. The normalized spacial score (nSPS) is 23.4. The van der Waals surface area contributed by atoms with Crippen molar-refractivity contribution in [3.8, 4) is 0 Å². The van der Waals surface area contributed by atoms with Crippen molar-refractivity contribution in [3.05, 3.63) is 0 Å².